The third kappa shape index (κ3) is 5.14. The Morgan fingerprint density at radius 3 is 2.68 bits per heavy atom. The Morgan fingerprint density at radius 1 is 1.23 bits per heavy atom. The van der Waals surface area contributed by atoms with Crippen LogP contribution in [0.3, 0.4) is 0 Å². The van der Waals surface area contributed by atoms with Crippen molar-refractivity contribution in [2.24, 2.45) is 0 Å². The molecule has 2 aromatic rings. The molecule has 0 atom stereocenters. The topological polar surface area (TPSA) is 42.0 Å². The smallest absolute Gasteiger partial charge is 0.226 e. The second-order valence-electron chi connectivity index (χ2n) is 5.17. The standard InChI is InChI=1S/C17H22N2OS2/c1-2-13-7-9-14(10-8-13)15-12-22-17(18-15)19-16(20)6-4-3-5-11-21/h7-10,12,21H,2-6,11H2,1H3,(H,18,19,20). The SMILES string of the molecule is CCc1ccc(-c2csc(NC(=O)CCCCCS)n2)cc1. The molecule has 1 N–H and O–H groups in total. The van der Waals surface area contributed by atoms with E-state index in [4.69, 9.17) is 0 Å². The first kappa shape index (κ1) is 17.0. The number of benzene rings is 1. The molecule has 0 saturated carbocycles. The van der Waals surface area contributed by atoms with Crippen LogP contribution < -0.4 is 5.32 Å². The Bertz CT molecular complexity index is 593. The molecule has 0 aliphatic heterocycles. The van der Waals surface area contributed by atoms with Gasteiger partial charge in [-0.2, -0.15) is 12.6 Å². The first-order valence-electron chi connectivity index (χ1n) is 7.68. The van der Waals surface area contributed by atoms with Gasteiger partial charge in [0.1, 0.15) is 0 Å². The first-order chi connectivity index (χ1) is 10.7. The van der Waals surface area contributed by atoms with Crippen LogP contribution in [0.4, 0.5) is 5.13 Å². The van der Waals surface area contributed by atoms with Gasteiger partial charge in [-0.1, -0.05) is 37.6 Å². The zero-order valence-electron chi connectivity index (χ0n) is 12.8. The molecule has 5 heteroatoms. The molecule has 1 heterocycles. The van der Waals surface area contributed by atoms with Gasteiger partial charge in [-0.15, -0.1) is 11.3 Å². The average Bonchev–Trinajstić information content (AvgIpc) is 3.00. The maximum Gasteiger partial charge on any atom is 0.226 e. The minimum Gasteiger partial charge on any atom is -0.302 e. The Balaban J connectivity index is 1.89. The van der Waals surface area contributed by atoms with Crippen LogP contribution >= 0.6 is 24.0 Å². The van der Waals surface area contributed by atoms with Crippen molar-refractivity contribution < 1.29 is 4.79 Å². The van der Waals surface area contributed by atoms with Crippen LogP contribution in [0.15, 0.2) is 29.6 Å². The van der Waals surface area contributed by atoms with Gasteiger partial charge in [-0.3, -0.25) is 4.79 Å². The number of anilines is 1. The molecule has 0 aliphatic carbocycles. The molecule has 0 bridgehead atoms. The van der Waals surface area contributed by atoms with Crippen LogP contribution in [0, 0.1) is 0 Å². The molecule has 1 aromatic heterocycles. The van der Waals surface area contributed by atoms with E-state index in [1.165, 1.54) is 16.9 Å². The second kappa shape index (κ2) is 8.96. The molecule has 0 spiro atoms. The van der Waals surface area contributed by atoms with E-state index in [0.717, 1.165) is 42.7 Å². The number of thiazole rings is 1. The molecule has 0 aliphatic rings. The quantitative estimate of drug-likeness (QED) is 0.538. The summed E-state index contributed by atoms with van der Waals surface area (Å²) in [6.45, 7) is 2.14. The summed E-state index contributed by atoms with van der Waals surface area (Å²) in [4.78, 5) is 16.3. The predicted octanol–water partition coefficient (Wildman–Crippen LogP) is 4.80. The number of nitrogens with zero attached hydrogens (tertiary/aromatic N) is 1. The van der Waals surface area contributed by atoms with Crippen LogP contribution in [0.25, 0.3) is 11.3 Å². The minimum atomic E-state index is 0.0430. The molecular formula is C17H22N2OS2. The number of rotatable bonds is 8. The maximum atomic E-state index is 11.8. The molecular weight excluding hydrogens is 312 g/mol. The number of hydrogen-bond acceptors (Lipinski definition) is 4. The molecule has 1 aromatic carbocycles. The lowest BCUT2D eigenvalue weighted by atomic mass is 10.1. The summed E-state index contributed by atoms with van der Waals surface area (Å²) in [7, 11) is 0. The summed E-state index contributed by atoms with van der Waals surface area (Å²) in [6, 6.07) is 8.40. The average molecular weight is 335 g/mol. The van der Waals surface area contributed by atoms with Gasteiger partial charge < -0.3 is 5.32 Å². The molecule has 3 nitrogen and oxygen atoms in total. The van der Waals surface area contributed by atoms with Crippen molar-refractivity contribution >= 4 is 35.0 Å². The summed E-state index contributed by atoms with van der Waals surface area (Å²) in [6.07, 6.45) is 4.60. The third-order valence-corrected chi connectivity index (χ3v) is 4.54. The molecule has 0 saturated heterocycles. The fraction of sp³-hybridized carbons (Fsp3) is 0.412. The number of hydrogen-bond donors (Lipinski definition) is 2. The normalized spacial score (nSPS) is 10.6. The summed E-state index contributed by atoms with van der Waals surface area (Å²) >= 11 is 5.64. The van der Waals surface area contributed by atoms with Crippen molar-refractivity contribution in [2.75, 3.05) is 11.1 Å². The highest BCUT2D eigenvalue weighted by atomic mass is 32.1. The predicted molar refractivity (Wildman–Crippen MR) is 97.9 cm³/mol. The Kier molecular flexibility index (Phi) is 6.93. The highest BCUT2D eigenvalue weighted by Gasteiger charge is 2.08. The Hall–Kier alpha value is -1.33. The van der Waals surface area contributed by atoms with E-state index in [0.29, 0.717) is 11.6 Å². The number of unbranched alkanes of at least 4 members (excludes halogenated alkanes) is 2. The van der Waals surface area contributed by atoms with Crippen LogP contribution in [-0.2, 0) is 11.2 Å². The van der Waals surface area contributed by atoms with Crippen molar-refractivity contribution in [3.63, 3.8) is 0 Å². The van der Waals surface area contributed by atoms with Crippen molar-refractivity contribution in [3.05, 3.63) is 35.2 Å². The van der Waals surface area contributed by atoms with Crippen molar-refractivity contribution in [1.82, 2.24) is 4.98 Å². The van der Waals surface area contributed by atoms with E-state index in [2.05, 4.69) is 54.1 Å². The maximum absolute atomic E-state index is 11.8. The number of aromatic nitrogens is 1. The molecule has 1 amide bonds. The largest absolute Gasteiger partial charge is 0.302 e. The fourth-order valence-corrected chi connectivity index (χ4v) is 3.09. The fourth-order valence-electron chi connectivity index (χ4n) is 2.13. The minimum absolute atomic E-state index is 0.0430. The molecule has 0 radical (unpaired) electrons. The van der Waals surface area contributed by atoms with Gasteiger partial charge in [0, 0.05) is 17.4 Å². The van der Waals surface area contributed by atoms with Crippen molar-refractivity contribution in [3.8, 4) is 11.3 Å². The Morgan fingerprint density at radius 2 is 2.00 bits per heavy atom. The molecule has 22 heavy (non-hydrogen) atoms. The summed E-state index contributed by atoms with van der Waals surface area (Å²) in [5.74, 6) is 0.926. The van der Waals surface area contributed by atoms with E-state index in [1.807, 2.05) is 5.38 Å². The number of carbonyl (C=O) groups excluding carboxylic acids is 1. The second-order valence-corrected chi connectivity index (χ2v) is 6.48. The molecule has 0 fully saturated rings. The third-order valence-electron chi connectivity index (χ3n) is 3.47. The molecule has 2 rings (SSSR count). The summed E-state index contributed by atoms with van der Waals surface area (Å²) < 4.78 is 0. The lowest BCUT2D eigenvalue weighted by Crippen LogP contribution is -2.10. The van der Waals surface area contributed by atoms with E-state index in [9.17, 15) is 4.79 Å². The number of aryl methyl sites for hydroxylation is 1. The monoisotopic (exact) mass is 334 g/mol. The van der Waals surface area contributed by atoms with Gasteiger partial charge in [0.2, 0.25) is 5.91 Å². The van der Waals surface area contributed by atoms with Crippen LogP contribution in [0.2, 0.25) is 0 Å². The van der Waals surface area contributed by atoms with Crippen LogP contribution in [0.1, 0.15) is 38.2 Å². The van der Waals surface area contributed by atoms with E-state index < -0.39 is 0 Å². The molecule has 0 unspecified atom stereocenters. The van der Waals surface area contributed by atoms with E-state index in [1.54, 1.807) is 0 Å². The van der Waals surface area contributed by atoms with Crippen LogP contribution in [-0.4, -0.2) is 16.6 Å². The first-order valence-corrected chi connectivity index (χ1v) is 9.19. The van der Waals surface area contributed by atoms with E-state index >= 15 is 0 Å². The van der Waals surface area contributed by atoms with Crippen LogP contribution in [0.5, 0.6) is 0 Å². The summed E-state index contributed by atoms with van der Waals surface area (Å²) in [5, 5.41) is 5.54. The van der Waals surface area contributed by atoms with E-state index in [-0.39, 0.29) is 5.91 Å². The Labute approximate surface area is 141 Å². The van der Waals surface area contributed by atoms with Crippen molar-refractivity contribution in [2.45, 2.75) is 39.0 Å². The highest BCUT2D eigenvalue weighted by molar-refractivity contribution is 7.80. The number of thiol groups is 1. The number of nitrogens with one attached hydrogen (secondary N) is 1. The summed E-state index contributed by atoms with van der Waals surface area (Å²) in [5.41, 5.74) is 3.31. The zero-order chi connectivity index (χ0) is 15.8. The van der Waals surface area contributed by atoms with Crippen molar-refractivity contribution in [1.29, 1.82) is 0 Å². The zero-order valence-corrected chi connectivity index (χ0v) is 14.6. The van der Waals surface area contributed by atoms with Gasteiger partial charge in [0.15, 0.2) is 5.13 Å². The number of carbonyl (C=O) groups is 1. The van der Waals surface area contributed by atoms with Gasteiger partial charge in [-0.05, 0) is 30.6 Å². The lowest BCUT2D eigenvalue weighted by molar-refractivity contribution is -0.116. The van der Waals surface area contributed by atoms with Gasteiger partial charge in [-0.25, -0.2) is 4.98 Å². The van der Waals surface area contributed by atoms with Gasteiger partial charge >= 0.3 is 0 Å². The lowest BCUT2D eigenvalue weighted by Gasteiger charge is -2.01. The van der Waals surface area contributed by atoms with Gasteiger partial charge in [0.05, 0.1) is 5.69 Å². The number of amides is 1. The highest BCUT2D eigenvalue weighted by Crippen LogP contribution is 2.25. The van der Waals surface area contributed by atoms with Gasteiger partial charge in [0.25, 0.3) is 0 Å². The molecule has 118 valence electrons.